The summed E-state index contributed by atoms with van der Waals surface area (Å²) in [5, 5.41) is 2.99. The Kier molecular flexibility index (Phi) is 5.91. The van der Waals surface area contributed by atoms with E-state index in [1.807, 2.05) is 48.5 Å². The average molecular weight is 462 g/mol. The lowest BCUT2D eigenvalue weighted by Gasteiger charge is -2.20. The van der Waals surface area contributed by atoms with Crippen molar-refractivity contribution in [2.24, 2.45) is 0 Å². The first-order valence-electron chi connectivity index (χ1n) is 11.3. The molecule has 3 aromatic carbocycles. The molecule has 0 atom stereocenters. The van der Waals surface area contributed by atoms with Crippen LogP contribution in [0.3, 0.4) is 0 Å². The highest BCUT2D eigenvalue weighted by molar-refractivity contribution is 7.92. The van der Waals surface area contributed by atoms with E-state index < -0.39 is 10.0 Å². The molecule has 0 aliphatic carbocycles. The van der Waals surface area contributed by atoms with Crippen molar-refractivity contribution in [1.82, 2.24) is 4.90 Å². The van der Waals surface area contributed by atoms with E-state index in [0.717, 1.165) is 36.4 Å². The summed E-state index contributed by atoms with van der Waals surface area (Å²) in [5.74, 6) is -0.317. The number of carbonyl (C=O) groups is 1. The molecule has 2 heterocycles. The first-order chi connectivity index (χ1) is 16.0. The summed E-state index contributed by atoms with van der Waals surface area (Å²) in [5.41, 5.74) is 3.87. The van der Waals surface area contributed by atoms with Crippen molar-refractivity contribution in [2.45, 2.75) is 30.7 Å². The van der Waals surface area contributed by atoms with E-state index in [0.29, 0.717) is 24.2 Å². The molecule has 1 N–H and O–H groups in total. The maximum atomic E-state index is 13.4. The maximum Gasteiger partial charge on any atom is 0.264 e. The SMILES string of the molecule is O=C(Nc1ccccc1CN1CCCC1)c1cccc(S(=O)(=O)N2CCc3ccccc32)c1. The van der Waals surface area contributed by atoms with Gasteiger partial charge in [0.2, 0.25) is 0 Å². The molecule has 2 aliphatic heterocycles. The summed E-state index contributed by atoms with van der Waals surface area (Å²) in [6.45, 7) is 3.34. The van der Waals surface area contributed by atoms with Crippen molar-refractivity contribution in [1.29, 1.82) is 0 Å². The molecule has 5 rings (SSSR count). The van der Waals surface area contributed by atoms with E-state index in [2.05, 4.69) is 10.2 Å². The molecule has 1 saturated heterocycles. The van der Waals surface area contributed by atoms with Gasteiger partial charge in [-0.15, -0.1) is 0 Å². The van der Waals surface area contributed by atoms with Crippen molar-refractivity contribution < 1.29 is 13.2 Å². The Bertz CT molecular complexity index is 1280. The lowest BCUT2D eigenvalue weighted by molar-refractivity contribution is 0.102. The summed E-state index contributed by atoms with van der Waals surface area (Å²) in [7, 11) is -3.76. The van der Waals surface area contributed by atoms with Crippen LogP contribution in [0.25, 0.3) is 0 Å². The summed E-state index contributed by atoms with van der Waals surface area (Å²) < 4.78 is 28.2. The zero-order valence-corrected chi connectivity index (χ0v) is 19.2. The van der Waals surface area contributed by atoms with Gasteiger partial charge >= 0.3 is 0 Å². The number of rotatable bonds is 6. The highest BCUT2D eigenvalue weighted by atomic mass is 32.2. The number of hydrogen-bond acceptors (Lipinski definition) is 4. The molecule has 170 valence electrons. The van der Waals surface area contributed by atoms with Crippen molar-refractivity contribution in [2.75, 3.05) is 29.3 Å². The van der Waals surface area contributed by atoms with Gasteiger partial charge in [0.15, 0.2) is 0 Å². The molecule has 0 unspecified atom stereocenters. The third-order valence-electron chi connectivity index (χ3n) is 6.39. The van der Waals surface area contributed by atoms with Gasteiger partial charge in [0, 0.05) is 24.3 Å². The van der Waals surface area contributed by atoms with E-state index in [-0.39, 0.29) is 10.8 Å². The number of sulfonamides is 1. The zero-order chi connectivity index (χ0) is 22.8. The monoisotopic (exact) mass is 461 g/mol. The summed E-state index contributed by atoms with van der Waals surface area (Å²) in [6, 6.07) is 21.6. The van der Waals surface area contributed by atoms with Crippen molar-refractivity contribution in [3.63, 3.8) is 0 Å². The number of benzene rings is 3. The van der Waals surface area contributed by atoms with Crippen LogP contribution in [0.2, 0.25) is 0 Å². The number of likely N-dealkylation sites (tertiary alicyclic amines) is 1. The first kappa shape index (κ1) is 21.7. The van der Waals surface area contributed by atoms with Gasteiger partial charge in [-0.2, -0.15) is 0 Å². The van der Waals surface area contributed by atoms with Crippen LogP contribution in [0.4, 0.5) is 11.4 Å². The van der Waals surface area contributed by atoms with Gasteiger partial charge in [0.05, 0.1) is 10.6 Å². The van der Waals surface area contributed by atoms with Crippen molar-refractivity contribution in [3.8, 4) is 0 Å². The van der Waals surface area contributed by atoms with E-state index in [1.165, 1.54) is 23.2 Å². The Balaban J connectivity index is 1.37. The highest BCUT2D eigenvalue weighted by Gasteiger charge is 2.31. The molecule has 3 aromatic rings. The minimum atomic E-state index is -3.76. The first-order valence-corrected chi connectivity index (χ1v) is 12.8. The van der Waals surface area contributed by atoms with Crippen LogP contribution in [-0.2, 0) is 23.0 Å². The van der Waals surface area contributed by atoms with Crippen LogP contribution >= 0.6 is 0 Å². The van der Waals surface area contributed by atoms with Gasteiger partial charge in [0.1, 0.15) is 0 Å². The number of nitrogens with one attached hydrogen (secondary N) is 1. The summed E-state index contributed by atoms with van der Waals surface area (Å²) in [6.07, 6.45) is 3.10. The van der Waals surface area contributed by atoms with Crippen molar-refractivity contribution in [3.05, 3.63) is 89.5 Å². The third kappa shape index (κ3) is 4.38. The second-order valence-corrected chi connectivity index (χ2v) is 10.4. The fraction of sp³-hybridized carbons (Fsp3) is 0.269. The Morgan fingerprint density at radius 1 is 0.879 bits per heavy atom. The van der Waals surface area contributed by atoms with E-state index in [4.69, 9.17) is 0 Å². The van der Waals surface area contributed by atoms with Crippen LogP contribution in [0.1, 0.15) is 34.3 Å². The molecule has 0 saturated carbocycles. The van der Waals surface area contributed by atoms with Crippen LogP contribution in [0, 0.1) is 0 Å². The normalized spacial score (nSPS) is 16.1. The number of carbonyl (C=O) groups excluding carboxylic acids is 1. The lowest BCUT2D eigenvalue weighted by Crippen LogP contribution is -2.29. The van der Waals surface area contributed by atoms with Crippen LogP contribution < -0.4 is 9.62 Å². The molecule has 7 heteroatoms. The number of fused-ring (bicyclic) bond motifs is 1. The molecular weight excluding hydrogens is 434 g/mol. The Labute approximate surface area is 194 Å². The smallest absolute Gasteiger partial charge is 0.264 e. The van der Waals surface area contributed by atoms with Gasteiger partial charge in [0.25, 0.3) is 15.9 Å². The topological polar surface area (TPSA) is 69.7 Å². The fourth-order valence-corrected chi connectivity index (χ4v) is 6.19. The standard InChI is InChI=1S/C26H27N3O3S/c30-26(27-24-12-3-1-9-22(24)19-28-15-5-6-16-28)21-10-7-11-23(18-21)33(31,32)29-17-14-20-8-2-4-13-25(20)29/h1-4,7-13,18H,5-6,14-17,19H2,(H,27,30). The lowest BCUT2D eigenvalue weighted by atomic mass is 10.1. The zero-order valence-electron chi connectivity index (χ0n) is 18.4. The minimum absolute atomic E-state index is 0.122. The number of para-hydroxylation sites is 2. The molecule has 0 radical (unpaired) electrons. The predicted octanol–water partition coefficient (Wildman–Crippen LogP) is 4.29. The van der Waals surface area contributed by atoms with Crippen LogP contribution in [0.15, 0.2) is 77.7 Å². The number of anilines is 2. The van der Waals surface area contributed by atoms with Gasteiger partial charge in [-0.1, -0.05) is 42.5 Å². The number of amides is 1. The minimum Gasteiger partial charge on any atom is -0.322 e. The Morgan fingerprint density at radius 3 is 2.48 bits per heavy atom. The predicted molar refractivity (Wildman–Crippen MR) is 130 cm³/mol. The molecule has 33 heavy (non-hydrogen) atoms. The summed E-state index contributed by atoms with van der Waals surface area (Å²) in [4.78, 5) is 15.6. The molecule has 6 nitrogen and oxygen atoms in total. The largest absolute Gasteiger partial charge is 0.322 e. The average Bonchev–Trinajstić information content (AvgIpc) is 3.50. The van der Waals surface area contributed by atoms with E-state index >= 15 is 0 Å². The van der Waals surface area contributed by atoms with Gasteiger partial charge < -0.3 is 5.32 Å². The molecular formula is C26H27N3O3S. The Morgan fingerprint density at radius 2 is 1.64 bits per heavy atom. The highest BCUT2D eigenvalue weighted by Crippen LogP contribution is 2.33. The molecule has 1 amide bonds. The Hall–Kier alpha value is -3.16. The number of hydrogen-bond donors (Lipinski definition) is 1. The van der Waals surface area contributed by atoms with Crippen LogP contribution in [0.5, 0.6) is 0 Å². The van der Waals surface area contributed by atoms with Crippen molar-refractivity contribution >= 4 is 27.3 Å². The maximum absolute atomic E-state index is 13.4. The van der Waals surface area contributed by atoms with E-state index in [9.17, 15) is 13.2 Å². The van der Waals surface area contributed by atoms with E-state index in [1.54, 1.807) is 18.2 Å². The molecule has 1 fully saturated rings. The quantitative estimate of drug-likeness (QED) is 0.595. The van der Waals surface area contributed by atoms with Gasteiger partial charge in [-0.05, 0) is 73.8 Å². The second-order valence-electron chi connectivity index (χ2n) is 8.58. The van der Waals surface area contributed by atoms with Gasteiger partial charge in [-0.3, -0.25) is 14.0 Å². The third-order valence-corrected chi connectivity index (χ3v) is 8.20. The fourth-order valence-electron chi connectivity index (χ4n) is 4.64. The molecule has 0 spiro atoms. The van der Waals surface area contributed by atoms with Gasteiger partial charge in [-0.25, -0.2) is 8.42 Å². The second kappa shape index (κ2) is 9.00. The molecule has 0 bridgehead atoms. The van der Waals surface area contributed by atoms with Crippen LogP contribution in [-0.4, -0.2) is 38.9 Å². The molecule has 2 aliphatic rings. The molecule has 0 aromatic heterocycles. The summed E-state index contributed by atoms with van der Waals surface area (Å²) >= 11 is 0. The number of nitrogens with zero attached hydrogens (tertiary/aromatic N) is 2.